The van der Waals surface area contributed by atoms with E-state index in [4.69, 9.17) is 21.6 Å². The predicted octanol–water partition coefficient (Wildman–Crippen LogP) is 3.92. The number of hydrogen-bond donors (Lipinski definition) is 0. The fourth-order valence-electron chi connectivity index (χ4n) is 3.42. The van der Waals surface area contributed by atoms with Crippen LogP contribution in [0.3, 0.4) is 0 Å². The van der Waals surface area contributed by atoms with Gasteiger partial charge >= 0.3 is 0 Å². The van der Waals surface area contributed by atoms with Gasteiger partial charge in [-0.25, -0.2) is 14.5 Å². The average Bonchev–Trinajstić information content (AvgIpc) is 3.28. The van der Waals surface area contributed by atoms with E-state index in [-0.39, 0.29) is 6.04 Å². The third-order valence-electron chi connectivity index (χ3n) is 4.75. The Bertz CT molecular complexity index is 1080. The molecule has 0 saturated heterocycles. The van der Waals surface area contributed by atoms with Crippen LogP contribution in [0.1, 0.15) is 29.1 Å². The summed E-state index contributed by atoms with van der Waals surface area (Å²) < 4.78 is 1.79. The summed E-state index contributed by atoms with van der Waals surface area (Å²) in [7, 11) is 0. The summed E-state index contributed by atoms with van der Waals surface area (Å²) in [4.78, 5) is 14.1. The minimum atomic E-state index is 0.0330. The number of amidine groups is 1. The molecular weight excluding hydrogens is 346 g/mol. The van der Waals surface area contributed by atoms with Crippen LogP contribution in [0.25, 0.3) is 11.7 Å². The Kier molecular flexibility index (Phi) is 3.50. The quantitative estimate of drug-likeness (QED) is 0.710. The Morgan fingerprint density at radius 1 is 1.12 bits per heavy atom. The van der Waals surface area contributed by atoms with E-state index in [1.165, 1.54) is 11.1 Å². The summed E-state index contributed by atoms with van der Waals surface area (Å²) in [6.45, 7) is 1.99. The third kappa shape index (κ3) is 2.47. The molecule has 0 amide bonds. The van der Waals surface area contributed by atoms with Gasteiger partial charge in [-0.05, 0) is 24.6 Å². The van der Waals surface area contributed by atoms with E-state index < -0.39 is 0 Å². The van der Waals surface area contributed by atoms with Gasteiger partial charge in [-0.15, -0.1) is 0 Å². The molecule has 2 aromatic heterocycles. The van der Waals surface area contributed by atoms with Crippen LogP contribution in [-0.2, 0) is 6.42 Å². The van der Waals surface area contributed by atoms with Crippen molar-refractivity contribution in [1.29, 1.82) is 0 Å². The van der Waals surface area contributed by atoms with Crippen LogP contribution in [0.15, 0.2) is 52.5 Å². The molecule has 1 aliphatic heterocycles. The molecule has 2 aliphatic rings. The van der Waals surface area contributed by atoms with Gasteiger partial charge < -0.3 is 0 Å². The van der Waals surface area contributed by atoms with Crippen LogP contribution in [0.4, 0.5) is 0 Å². The fourth-order valence-corrected chi connectivity index (χ4v) is 3.61. The molecule has 0 N–H and O–H groups in total. The summed E-state index contributed by atoms with van der Waals surface area (Å²) in [5, 5.41) is 5.18. The van der Waals surface area contributed by atoms with E-state index in [0.29, 0.717) is 23.5 Å². The highest BCUT2D eigenvalue weighted by atomic mass is 35.5. The number of aromatic nitrogens is 3. The number of nitrogens with zero attached hydrogens (tertiary/aromatic N) is 5. The third-order valence-corrected chi connectivity index (χ3v) is 5.05. The Hall–Kier alpha value is -2.79. The van der Waals surface area contributed by atoms with Crippen LogP contribution in [0.5, 0.6) is 0 Å². The molecule has 0 spiro atoms. The van der Waals surface area contributed by atoms with Gasteiger partial charge in [0.1, 0.15) is 11.9 Å². The van der Waals surface area contributed by atoms with E-state index in [0.717, 1.165) is 23.1 Å². The normalized spacial score (nSPS) is 17.8. The summed E-state index contributed by atoms with van der Waals surface area (Å²) in [6, 6.07) is 12.1. The average molecular weight is 362 g/mol. The Morgan fingerprint density at radius 2 is 2.00 bits per heavy atom. The minimum Gasteiger partial charge on any atom is -0.256 e. The number of benzene rings is 1. The first-order valence-corrected chi connectivity index (χ1v) is 9.00. The fraction of sp³-hybridized carbons (Fsp3) is 0.200. The Balaban J connectivity index is 1.39. The first kappa shape index (κ1) is 15.5. The van der Waals surface area contributed by atoms with Crippen molar-refractivity contribution in [2.24, 2.45) is 9.98 Å². The van der Waals surface area contributed by atoms with E-state index >= 15 is 0 Å². The summed E-state index contributed by atoms with van der Waals surface area (Å²) in [6.07, 6.45) is 5.63. The van der Waals surface area contributed by atoms with E-state index in [9.17, 15) is 0 Å². The van der Waals surface area contributed by atoms with Gasteiger partial charge in [0.2, 0.25) is 0 Å². The molecule has 1 unspecified atom stereocenters. The maximum absolute atomic E-state index is 6.22. The van der Waals surface area contributed by atoms with Gasteiger partial charge in [0.25, 0.3) is 0 Å². The maximum atomic E-state index is 6.22. The molecule has 3 heterocycles. The smallest absolute Gasteiger partial charge is 0.174 e. The highest BCUT2D eigenvalue weighted by Crippen LogP contribution is 2.26. The zero-order valence-corrected chi connectivity index (χ0v) is 15.0. The minimum absolute atomic E-state index is 0.0330. The maximum Gasteiger partial charge on any atom is 0.174 e. The second-order valence-electron chi connectivity index (χ2n) is 6.52. The molecule has 0 saturated carbocycles. The first-order valence-electron chi connectivity index (χ1n) is 8.63. The molecule has 0 bridgehead atoms. The second kappa shape index (κ2) is 5.88. The van der Waals surface area contributed by atoms with Gasteiger partial charge in [0.15, 0.2) is 11.5 Å². The molecule has 1 atom stereocenters. The lowest BCUT2D eigenvalue weighted by molar-refractivity contribution is 0.841. The van der Waals surface area contributed by atoms with Gasteiger partial charge in [-0.1, -0.05) is 48.0 Å². The number of halogens is 1. The summed E-state index contributed by atoms with van der Waals surface area (Å²) in [5.41, 5.74) is 5.12. The van der Waals surface area contributed by atoms with Crippen molar-refractivity contribution in [3.63, 3.8) is 0 Å². The van der Waals surface area contributed by atoms with Crippen LogP contribution in [-0.4, -0.2) is 32.2 Å². The summed E-state index contributed by atoms with van der Waals surface area (Å²) >= 11 is 6.22. The molecular formula is C20H16ClN5. The lowest BCUT2D eigenvalue weighted by Gasteiger charge is -2.14. The van der Waals surface area contributed by atoms with Crippen LogP contribution >= 0.6 is 11.6 Å². The molecule has 0 fully saturated rings. The largest absolute Gasteiger partial charge is 0.256 e. The monoisotopic (exact) mass is 361 g/mol. The molecule has 6 heteroatoms. The molecule has 1 aliphatic carbocycles. The van der Waals surface area contributed by atoms with Crippen LogP contribution in [0, 0.1) is 6.92 Å². The summed E-state index contributed by atoms with van der Waals surface area (Å²) in [5.74, 6) is 1.61. The SMILES string of the molecule is Cc1ccc(Cl)c2nc(CCC3=NC4C=Cc5ccccc5C4=N3)nn12. The molecule has 0 radical (unpaired) electrons. The van der Waals surface area contributed by atoms with E-state index in [1.807, 2.05) is 31.2 Å². The number of aryl methyl sites for hydroxylation is 2. The van der Waals surface area contributed by atoms with Gasteiger partial charge in [-0.3, -0.25) is 4.99 Å². The molecule has 128 valence electrons. The zero-order valence-electron chi connectivity index (χ0n) is 14.2. The molecule has 1 aromatic carbocycles. The first-order chi connectivity index (χ1) is 12.7. The zero-order chi connectivity index (χ0) is 17.7. The lowest BCUT2D eigenvalue weighted by Crippen LogP contribution is -2.18. The molecule has 5 rings (SSSR count). The second-order valence-corrected chi connectivity index (χ2v) is 6.93. The lowest BCUT2D eigenvalue weighted by atomic mass is 9.93. The standard InChI is InChI=1S/C20H16ClN5/c1-12-6-8-15(21)20-24-18(25-26(12)20)11-10-17-22-16-9-7-13-4-2-3-5-14(13)19(16)23-17/h2-9,16H,10-11H2,1H3. The highest BCUT2D eigenvalue weighted by Gasteiger charge is 2.26. The van der Waals surface area contributed by atoms with E-state index in [1.54, 1.807) is 4.52 Å². The van der Waals surface area contributed by atoms with Crippen molar-refractivity contribution >= 4 is 34.9 Å². The van der Waals surface area contributed by atoms with Crippen molar-refractivity contribution in [2.75, 3.05) is 0 Å². The number of pyridine rings is 1. The molecule has 3 aromatic rings. The molecule has 26 heavy (non-hydrogen) atoms. The van der Waals surface area contributed by atoms with Crippen molar-refractivity contribution in [1.82, 2.24) is 14.6 Å². The van der Waals surface area contributed by atoms with Crippen molar-refractivity contribution < 1.29 is 0 Å². The number of aliphatic imine (C=N–C) groups is 2. The van der Waals surface area contributed by atoms with Gasteiger partial charge in [0, 0.05) is 24.1 Å². The van der Waals surface area contributed by atoms with Crippen molar-refractivity contribution in [3.8, 4) is 0 Å². The number of fused-ring (bicyclic) bond motifs is 4. The van der Waals surface area contributed by atoms with E-state index in [2.05, 4.69) is 34.4 Å². The van der Waals surface area contributed by atoms with Crippen LogP contribution in [0.2, 0.25) is 5.02 Å². The Labute approximate surface area is 155 Å². The van der Waals surface area contributed by atoms with Crippen molar-refractivity contribution in [2.45, 2.75) is 25.8 Å². The number of rotatable bonds is 3. The topological polar surface area (TPSA) is 54.9 Å². The van der Waals surface area contributed by atoms with Crippen molar-refractivity contribution in [3.05, 3.63) is 70.1 Å². The van der Waals surface area contributed by atoms with Gasteiger partial charge in [0.05, 0.1) is 10.7 Å². The van der Waals surface area contributed by atoms with Gasteiger partial charge in [-0.2, -0.15) is 5.10 Å². The number of hydrogen-bond acceptors (Lipinski definition) is 4. The Morgan fingerprint density at radius 3 is 2.88 bits per heavy atom. The predicted molar refractivity (Wildman–Crippen MR) is 104 cm³/mol. The highest BCUT2D eigenvalue weighted by molar-refractivity contribution is 6.33. The van der Waals surface area contributed by atoms with Crippen LogP contribution < -0.4 is 0 Å². The molecule has 5 nitrogen and oxygen atoms in total.